The number of methoxy groups -OCH3 is 1. The van der Waals surface area contributed by atoms with Gasteiger partial charge in [0.1, 0.15) is 11.6 Å². The average molecular weight is 364 g/mol. The van der Waals surface area contributed by atoms with Crippen LogP contribution in [0.3, 0.4) is 0 Å². The molecule has 2 aromatic rings. The molecule has 0 saturated carbocycles. The number of amides is 1. The molecule has 0 radical (unpaired) electrons. The maximum absolute atomic E-state index is 13.8. The number of esters is 1. The topological polar surface area (TPSA) is 72.6 Å². The fourth-order valence-electron chi connectivity index (χ4n) is 3.01. The quantitative estimate of drug-likeness (QED) is 0.780. The van der Waals surface area contributed by atoms with Gasteiger partial charge in [-0.25, -0.2) is 8.78 Å². The van der Waals surface area contributed by atoms with Gasteiger partial charge in [0, 0.05) is 25.2 Å². The summed E-state index contributed by atoms with van der Waals surface area (Å²) in [4.78, 5) is 25.6. The van der Waals surface area contributed by atoms with E-state index in [0.29, 0.717) is 31.6 Å². The van der Waals surface area contributed by atoms with Crippen LogP contribution < -0.4 is 0 Å². The van der Waals surface area contributed by atoms with E-state index in [1.807, 2.05) is 0 Å². The van der Waals surface area contributed by atoms with E-state index in [0.717, 1.165) is 12.1 Å². The summed E-state index contributed by atoms with van der Waals surface area (Å²) in [6.45, 7) is 0.936. The third-order valence-electron chi connectivity index (χ3n) is 4.47. The van der Waals surface area contributed by atoms with Crippen LogP contribution in [0.25, 0.3) is 11.3 Å². The molecule has 3 rings (SSSR count). The number of halogens is 2. The second-order valence-electron chi connectivity index (χ2n) is 6.16. The second kappa shape index (κ2) is 7.63. The molecular weight excluding hydrogens is 346 g/mol. The molecule has 0 spiro atoms. The van der Waals surface area contributed by atoms with Crippen molar-refractivity contribution in [2.45, 2.75) is 19.3 Å². The number of hydrogen-bond acceptors (Lipinski definition) is 5. The summed E-state index contributed by atoms with van der Waals surface area (Å²) in [5.41, 5.74) is 0.445. The van der Waals surface area contributed by atoms with Gasteiger partial charge < -0.3 is 14.2 Å². The summed E-state index contributed by atoms with van der Waals surface area (Å²) in [6.07, 6.45) is 1.13. The molecule has 1 fully saturated rings. The van der Waals surface area contributed by atoms with Crippen molar-refractivity contribution in [2.75, 3.05) is 20.2 Å². The number of nitrogens with zero attached hydrogens (tertiary/aromatic N) is 2. The minimum absolute atomic E-state index is 0.00913. The van der Waals surface area contributed by atoms with E-state index in [2.05, 4.69) is 5.16 Å². The molecule has 1 amide bonds. The molecule has 1 aliphatic heterocycles. The van der Waals surface area contributed by atoms with Crippen LogP contribution in [0.1, 0.15) is 18.5 Å². The summed E-state index contributed by atoms with van der Waals surface area (Å²) in [5, 5.41) is 3.79. The highest BCUT2D eigenvalue weighted by atomic mass is 19.1. The van der Waals surface area contributed by atoms with Crippen molar-refractivity contribution < 1.29 is 27.6 Å². The molecule has 0 unspecified atom stereocenters. The van der Waals surface area contributed by atoms with Gasteiger partial charge in [-0.15, -0.1) is 0 Å². The molecule has 0 atom stereocenters. The van der Waals surface area contributed by atoms with Gasteiger partial charge >= 0.3 is 5.97 Å². The lowest BCUT2D eigenvalue weighted by Gasteiger charge is -2.30. The van der Waals surface area contributed by atoms with Crippen LogP contribution in [0.2, 0.25) is 0 Å². The molecule has 0 aliphatic carbocycles. The predicted octanol–water partition coefficient (Wildman–Crippen LogP) is 2.57. The number of ether oxygens (including phenoxy) is 1. The highest BCUT2D eigenvalue weighted by Crippen LogP contribution is 2.25. The lowest BCUT2D eigenvalue weighted by molar-refractivity contribution is -0.148. The van der Waals surface area contributed by atoms with Crippen molar-refractivity contribution in [3.05, 3.63) is 41.6 Å². The molecule has 6 nitrogen and oxygen atoms in total. The van der Waals surface area contributed by atoms with Crippen LogP contribution in [-0.2, 0) is 20.7 Å². The molecule has 8 heteroatoms. The minimum Gasteiger partial charge on any atom is -0.469 e. The van der Waals surface area contributed by atoms with Crippen LogP contribution in [0.5, 0.6) is 0 Å². The number of carbonyl (C=O) groups excluding carboxylic acids is 2. The van der Waals surface area contributed by atoms with E-state index in [-0.39, 0.29) is 35.5 Å². The zero-order chi connectivity index (χ0) is 18.7. The maximum atomic E-state index is 13.8. The van der Waals surface area contributed by atoms with Crippen LogP contribution in [0.15, 0.2) is 28.8 Å². The normalized spacial score (nSPS) is 15.1. The zero-order valence-electron chi connectivity index (χ0n) is 14.2. The Labute approximate surface area is 148 Å². The van der Waals surface area contributed by atoms with Crippen molar-refractivity contribution in [1.82, 2.24) is 10.1 Å². The smallest absolute Gasteiger partial charge is 0.308 e. The van der Waals surface area contributed by atoms with Crippen LogP contribution in [0, 0.1) is 17.6 Å². The van der Waals surface area contributed by atoms with E-state index >= 15 is 0 Å². The van der Waals surface area contributed by atoms with Crippen LogP contribution in [-0.4, -0.2) is 42.1 Å². The molecular formula is C18H18F2N2O4. The third-order valence-corrected chi connectivity index (χ3v) is 4.47. The Morgan fingerprint density at radius 3 is 2.65 bits per heavy atom. The Morgan fingerprint density at radius 1 is 1.27 bits per heavy atom. The van der Waals surface area contributed by atoms with Gasteiger partial charge in [-0.05, 0) is 25.0 Å². The summed E-state index contributed by atoms with van der Waals surface area (Å²) in [5.74, 6) is -1.88. The number of piperidine rings is 1. The number of hydrogen-bond donors (Lipinski definition) is 0. The van der Waals surface area contributed by atoms with Crippen molar-refractivity contribution in [3.8, 4) is 11.3 Å². The average Bonchev–Trinajstić information content (AvgIpc) is 3.09. The summed E-state index contributed by atoms with van der Waals surface area (Å²) in [7, 11) is 1.35. The van der Waals surface area contributed by atoms with E-state index in [1.54, 1.807) is 4.90 Å². The maximum Gasteiger partial charge on any atom is 0.308 e. The number of carbonyl (C=O) groups is 2. The molecule has 1 aromatic carbocycles. The summed E-state index contributed by atoms with van der Waals surface area (Å²) < 4.78 is 36.6. The van der Waals surface area contributed by atoms with E-state index in [4.69, 9.17) is 9.26 Å². The molecule has 1 aromatic heterocycles. The van der Waals surface area contributed by atoms with E-state index < -0.39 is 11.6 Å². The number of benzene rings is 1. The summed E-state index contributed by atoms with van der Waals surface area (Å²) in [6, 6.07) is 4.61. The number of aromatic nitrogens is 1. The molecule has 1 saturated heterocycles. The Balaban J connectivity index is 1.61. The van der Waals surface area contributed by atoms with Gasteiger partial charge in [-0.2, -0.15) is 0 Å². The Morgan fingerprint density at radius 2 is 2.00 bits per heavy atom. The standard InChI is InChI=1S/C18H18F2N2O4/c1-25-18(24)11-4-6-22(7-5-11)17(23)10-13-9-16(26-21-13)14-3-2-12(19)8-15(14)20/h2-3,8-9,11H,4-7,10H2,1H3. The predicted molar refractivity (Wildman–Crippen MR) is 86.9 cm³/mol. The monoisotopic (exact) mass is 364 g/mol. The van der Waals surface area contributed by atoms with Gasteiger partial charge in [-0.3, -0.25) is 9.59 Å². The molecule has 1 aliphatic rings. The van der Waals surface area contributed by atoms with Crippen molar-refractivity contribution in [1.29, 1.82) is 0 Å². The first-order valence-corrected chi connectivity index (χ1v) is 8.24. The first kappa shape index (κ1) is 18.0. The summed E-state index contributed by atoms with van der Waals surface area (Å²) >= 11 is 0. The van der Waals surface area contributed by atoms with Crippen LogP contribution >= 0.6 is 0 Å². The van der Waals surface area contributed by atoms with Gasteiger partial charge in [0.05, 0.1) is 30.7 Å². The second-order valence-corrected chi connectivity index (χ2v) is 6.16. The van der Waals surface area contributed by atoms with Gasteiger partial charge in [0.25, 0.3) is 0 Å². The molecule has 0 N–H and O–H groups in total. The van der Waals surface area contributed by atoms with Gasteiger partial charge in [0.2, 0.25) is 5.91 Å². The highest BCUT2D eigenvalue weighted by molar-refractivity contribution is 5.79. The molecule has 26 heavy (non-hydrogen) atoms. The lowest BCUT2D eigenvalue weighted by Crippen LogP contribution is -2.41. The van der Waals surface area contributed by atoms with E-state index in [9.17, 15) is 18.4 Å². The Kier molecular flexibility index (Phi) is 5.29. The Bertz CT molecular complexity index is 813. The Hall–Kier alpha value is -2.77. The minimum atomic E-state index is -0.760. The van der Waals surface area contributed by atoms with E-state index in [1.165, 1.54) is 19.2 Å². The first-order chi connectivity index (χ1) is 12.5. The largest absolute Gasteiger partial charge is 0.469 e. The fourth-order valence-corrected chi connectivity index (χ4v) is 3.01. The van der Waals surface area contributed by atoms with Crippen molar-refractivity contribution in [2.24, 2.45) is 5.92 Å². The zero-order valence-corrected chi connectivity index (χ0v) is 14.2. The van der Waals surface area contributed by atoms with Gasteiger partial charge in [0.15, 0.2) is 5.76 Å². The molecule has 2 heterocycles. The highest BCUT2D eigenvalue weighted by Gasteiger charge is 2.28. The third kappa shape index (κ3) is 3.89. The first-order valence-electron chi connectivity index (χ1n) is 8.24. The van der Waals surface area contributed by atoms with Crippen LogP contribution in [0.4, 0.5) is 8.78 Å². The van der Waals surface area contributed by atoms with Gasteiger partial charge in [-0.1, -0.05) is 5.16 Å². The number of rotatable bonds is 4. The van der Waals surface area contributed by atoms with Crippen molar-refractivity contribution >= 4 is 11.9 Å². The van der Waals surface area contributed by atoms with Crippen molar-refractivity contribution in [3.63, 3.8) is 0 Å². The lowest BCUT2D eigenvalue weighted by atomic mass is 9.97. The SMILES string of the molecule is COC(=O)C1CCN(C(=O)Cc2cc(-c3ccc(F)cc3F)on2)CC1. The fraction of sp³-hybridized carbons (Fsp3) is 0.389. The molecule has 0 bridgehead atoms. The molecule has 138 valence electrons. The number of likely N-dealkylation sites (tertiary alicyclic amines) is 1.